The molecule has 0 saturated carbocycles. The number of nitrogens with one attached hydrogen (secondary N) is 1. The van der Waals surface area contributed by atoms with Gasteiger partial charge in [-0.3, -0.25) is 14.4 Å². The molecule has 208 valence electrons. The van der Waals surface area contributed by atoms with E-state index in [1.165, 1.54) is 0 Å². The highest BCUT2D eigenvalue weighted by atomic mass is 19.2. The average molecular weight is 551 g/mol. The predicted octanol–water partition coefficient (Wildman–Crippen LogP) is 4.59. The van der Waals surface area contributed by atoms with Crippen LogP contribution in [0.3, 0.4) is 0 Å². The Morgan fingerprint density at radius 3 is 2.41 bits per heavy atom. The molecule has 2 aliphatic heterocycles. The number of aliphatic imine (C=N–C) groups is 1. The number of nitrogens with zero attached hydrogens (tertiary/aromatic N) is 1. The van der Waals surface area contributed by atoms with Gasteiger partial charge >= 0.3 is 11.8 Å². The van der Waals surface area contributed by atoms with Crippen LogP contribution in [-0.4, -0.2) is 42.0 Å². The Kier molecular flexibility index (Phi) is 7.42. The van der Waals surface area contributed by atoms with Crippen LogP contribution in [0.25, 0.3) is 0 Å². The van der Waals surface area contributed by atoms with Crippen molar-refractivity contribution in [3.8, 4) is 5.75 Å². The molecule has 12 heteroatoms. The number of halogens is 4. The Hall–Kier alpha value is -3.96. The molecule has 2 aliphatic rings. The molecule has 0 radical (unpaired) electrons. The summed E-state index contributed by atoms with van der Waals surface area (Å²) in [5.41, 5.74) is 1.04. The van der Waals surface area contributed by atoms with Crippen molar-refractivity contribution < 1.29 is 46.2 Å². The third-order valence-corrected chi connectivity index (χ3v) is 6.35. The summed E-state index contributed by atoms with van der Waals surface area (Å²) in [7, 11) is 0. The summed E-state index contributed by atoms with van der Waals surface area (Å²) in [6.45, 7) is 6.60. The molecule has 1 fully saturated rings. The van der Waals surface area contributed by atoms with Crippen LogP contribution in [0.2, 0.25) is 0 Å². The van der Waals surface area contributed by atoms with Crippen LogP contribution in [-0.2, 0) is 29.3 Å². The van der Waals surface area contributed by atoms with Crippen molar-refractivity contribution in [1.82, 2.24) is 0 Å². The van der Waals surface area contributed by atoms with Crippen molar-refractivity contribution in [2.45, 2.75) is 57.8 Å². The number of amides is 1. The number of carbonyl (C=O) groups is 3. The van der Waals surface area contributed by atoms with Gasteiger partial charge in [-0.2, -0.15) is 8.78 Å². The van der Waals surface area contributed by atoms with Gasteiger partial charge in [0, 0.05) is 24.1 Å². The normalized spacial score (nSPS) is 21.0. The smallest absolute Gasteiger partial charge is 0.312 e. The maximum absolute atomic E-state index is 14.0. The van der Waals surface area contributed by atoms with Crippen molar-refractivity contribution >= 4 is 29.2 Å². The molecular weight excluding hydrogens is 524 g/mol. The van der Waals surface area contributed by atoms with Crippen molar-refractivity contribution in [1.29, 1.82) is 0 Å². The van der Waals surface area contributed by atoms with Gasteiger partial charge in [0.15, 0.2) is 29.9 Å². The number of benzene rings is 2. The standard InChI is InChI=1S/C27H26F4N2O6/c1-13(9-18(34)24(36)32-17-8-6-5-7-14(17)26(2,3)4)25-33-19-11-20(35)38-27(19,39-25)12-37-23-21(30)15(28)10-16(29)22(23)31/h5-8,10,13,19H,9,11-12H2,1-4H3,(H,32,36)/t13-,19+,27+/m1/s1. The van der Waals surface area contributed by atoms with Crippen LogP contribution in [0.1, 0.15) is 46.1 Å². The Morgan fingerprint density at radius 1 is 1.13 bits per heavy atom. The van der Waals surface area contributed by atoms with Gasteiger partial charge in [-0.05, 0) is 17.0 Å². The van der Waals surface area contributed by atoms with E-state index in [1.807, 2.05) is 32.9 Å². The lowest BCUT2D eigenvalue weighted by molar-refractivity contribution is -0.190. The van der Waals surface area contributed by atoms with Crippen molar-refractivity contribution in [2.24, 2.45) is 10.9 Å². The fourth-order valence-corrected chi connectivity index (χ4v) is 4.34. The van der Waals surface area contributed by atoms with E-state index in [9.17, 15) is 31.9 Å². The maximum atomic E-state index is 14.0. The minimum atomic E-state index is -1.97. The first-order chi connectivity index (χ1) is 18.2. The second kappa shape index (κ2) is 10.3. The molecule has 1 saturated heterocycles. The van der Waals surface area contributed by atoms with E-state index < -0.39 is 71.0 Å². The number of hydrogen-bond acceptors (Lipinski definition) is 7. The predicted molar refractivity (Wildman–Crippen MR) is 130 cm³/mol. The van der Waals surface area contributed by atoms with Gasteiger partial charge in [0.05, 0.1) is 6.42 Å². The lowest BCUT2D eigenvalue weighted by Gasteiger charge is -2.27. The summed E-state index contributed by atoms with van der Waals surface area (Å²) in [6, 6.07) is 6.10. The lowest BCUT2D eigenvalue weighted by atomic mass is 9.86. The van der Waals surface area contributed by atoms with Crippen LogP contribution < -0.4 is 10.1 Å². The van der Waals surface area contributed by atoms with E-state index in [0.717, 1.165) is 5.56 Å². The molecule has 4 rings (SSSR count). The molecule has 2 heterocycles. The molecule has 0 spiro atoms. The van der Waals surface area contributed by atoms with E-state index in [2.05, 4.69) is 10.3 Å². The number of ketones is 1. The molecule has 8 nitrogen and oxygen atoms in total. The minimum Gasteiger partial charge on any atom is -0.479 e. The van der Waals surface area contributed by atoms with Crippen molar-refractivity contribution in [3.63, 3.8) is 0 Å². The van der Waals surface area contributed by atoms with Gasteiger partial charge in [-0.15, -0.1) is 0 Å². The number of ether oxygens (including phenoxy) is 3. The van der Waals surface area contributed by atoms with E-state index >= 15 is 0 Å². The van der Waals surface area contributed by atoms with Gasteiger partial charge in [0.2, 0.25) is 17.4 Å². The largest absolute Gasteiger partial charge is 0.479 e. The molecule has 39 heavy (non-hydrogen) atoms. The van der Waals surface area contributed by atoms with Gasteiger partial charge in [0.1, 0.15) is 6.04 Å². The zero-order valence-electron chi connectivity index (χ0n) is 21.6. The number of hydrogen-bond donors (Lipinski definition) is 1. The van der Waals surface area contributed by atoms with E-state index in [0.29, 0.717) is 5.69 Å². The lowest BCUT2D eigenvalue weighted by Crippen LogP contribution is -2.44. The monoisotopic (exact) mass is 550 g/mol. The van der Waals surface area contributed by atoms with Crippen LogP contribution in [0.4, 0.5) is 23.2 Å². The number of rotatable bonds is 8. The molecule has 0 unspecified atom stereocenters. The number of Topliss-reactive ketones (excluding diaryl/α,β-unsaturated/α-hetero) is 1. The van der Waals surface area contributed by atoms with Crippen LogP contribution in [0.15, 0.2) is 35.3 Å². The van der Waals surface area contributed by atoms with Gasteiger partial charge in [-0.25, -0.2) is 13.8 Å². The molecular formula is C27H26F4N2O6. The topological polar surface area (TPSA) is 103 Å². The second-order valence-corrected chi connectivity index (χ2v) is 10.4. The molecule has 2 aromatic rings. The highest BCUT2D eigenvalue weighted by Crippen LogP contribution is 2.39. The maximum Gasteiger partial charge on any atom is 0.312 e. The van der Waals surface area contributed by atoms with Gasteiger partial charge in [-0.1, -0.05) is 45.9 Å². The summed E-state index contributed by atoms with van der Waals surface area (Å²) in [5.74, 6) is -13.4. The number of para-hydroxylation sites is 1. The zero-order valence-corrected chi connectivity index (χ0v) is 21.6. The quantitative estimate of drug-likeness (QED) is 0.223. The number of anilines is 1. The molecule has 0 aromatic heterocycles. The summed E-state index contributed by atoms with van der Waals surface area (Å²) in [4.78, 5) is 41.6. The third kappa shape index (κ3) is 5.59. The Bertz CT molecular complexity index is 1350. The molecule has 1 amide bonds. The fourth-order valence-electron chi connectivity index (χ4n) is 4.34. The summed E-state index contributed by atoms with van der Waals surface area (Å²) < 4.78 is 71.1. The molecule has 3 atom stereocenters. The molecule has 1 N–H and O–H groups in total. The summed E-state index contributed by atoms with van der Waals surface area (Å²) >= 11 is 0. The Balaban J connectivity index is 1.44. The second-order valence-electron chi connectivity index (χ2n) is 10.4. The van der Waals surface area contributed by atoms with Crippen LogP contribution >= 0.6 is 0 Å². The van der Waals surface area contributed by atoms with E-state index in [4.69, 9.17) is 14.2 Å². The van der Waals surface area contributed by atoms with Crippen molar-refractivity contribution in [2.75, 3.05) is 11.9 Å². The Labute approximate surface area is 221 Å². The van der Waals surface area contributed by atoms with E-state index in [1.54, 1.807) is 19.1 Å². The number of fused-ring (bicyclic) bond motifs is 1. The van der Waals surface area contributed by atoms with Gasteiger partial charge in [0.25, 0.3) is 5.91 Å². The number of esters is 1. The highest BCUT2D eigenvalue weighted by molar-refractivity contribution is 6.41. The fraction of sp³-hybridized carbons (Fsp3) is 0.407. The van der Waals surface area contributed by atoms with E-state index in [-0.39, 0.29) is 30.2 Å². The summed E-state index contributed by atoms with van der Waals surface area (Å²) in [5, 5.41) is 2.63. The average Bonchev–Trinajstić information content (AvgIpc) is 3.35. The van der Waals surface area contributed by atoms with Crippen molar-refractivity contribution in [3.05, 3.63) is 59.2 Å². The zero-order chi connectivity index (χ0) is 28.7. The SMILES string of the molecule is C[C@H](CC(=O)C(=O)Nc1ccccc1C(C)(C)C)C1=N[C@H]2CC(=O)O[C@@]2(COc2c(F)c(F)cc(F)c2F)O1. The molecule has 0 bridgehead atoms. The first-order valence-electron chi connectivity index (χ1n) is 12.1. The molecule has 2 aromatic carbocycles. The highest BCUT2D eigenvalue weighted by Gasteiger charge is 2.58. The van der Waals surface area contributed by atoms with Crippen LogP contribution in [0.5, 0.6) is 5.75 Å². The minimum absolute atomic E-state index is 0.0259. The third-order valence-electron chi connectivity index (χ3n) is 6.35. The van der Waals surface area contributed by atoms with Crippen LogP contribution in [0, 0.1) is 29.2 Å². The number of carbonyl (C=O) groups excluding carboxylic acids is 3. The van der Waals surface area contributed by atoms with Gasteiger partial charge < -0.3 is 19.5 Å². The molecule has 0 aliphatic carbocycles. The first-order valence-corrected chi connectivity index (χ1v) is 12.1. The first kappa shape index (κ1) is 28.1. The Morgan fingerprint density at radius 2 is 1.77 bits per heavy atom. The summed E-state index contributed by atoms with van der Waals surface area (Å²) in [6.07, 6.45) is -0.599.